The van der Waals surface area contributed by atoms with E-state index in [2.05, 4.69) is 123 Å². The van der Waals surface area contributed by atoms with Crippen LogP contribution >= 0.6 is 0 Å². The maximum absolute atomic E-state index is 6.77. The molecule has 0 unspecified atom stereocenters. The molecule has 0 aromatic heterocycles. The molecule has 194 valence electrons. The van der Waals surface area contributed by atoms with Gasteiger partial charge in [-0.3, -0.25) is 0 Å². The van der Waals surface area contributed by atoms with Crippen molar-refractivity contribution in [1.29, 1.82) is 0 Å². The van der Waals surface area contributed by atoms with Gasteiger partial charge in [-0.25, -0.2) is 0 Å². The van der Waals surface area contributed by atoms with Crippen LogP contribution in [0.4, 0.5) is 11.4 Å². The van der Waals surface area contributed by atoms with Crippen LogP contribution in [-0.2, 0) is 0 Å². The Balaban J connectivity index is 1.77. The minimum Gasteiger partial charge on any atom is -0.398 e. The van der Waals surface area contributed by atoms with Crippen LogP contribution in [0, 0.1) is 13.8 Å². The standard InChI is InChI=1S/C38H32N2/c1-25-11-9-17-29(23-25)35-31(19-21-33(39)37(35)27-13-5-3-6-14-27)32-20-22-34(40)38(28-15-7-4-8-16-28)36(32)30-18-10-12-26(2)24-30/h3-24H,39-40H2,1-2H3. The van der Waals surface area contributed by atoms with E-state index < -0.39 is 0 Å². The van der Waals surface area contributed by atoms with E-state index in [-0.39, 0.29) is 0 Å². The Morgan fingerprint density at radius 1 is 0.350 bits per heavy atom. The van der Waals surface area contributed by atoms with Crippen molar-refractivity contribution in [2.24, 2.45) is 0 Å². The second kappa shape index (κ2) is 10.6. The van der Waals surface area contributed by atoms with Crippen molar-refractivity contribution in [3.8, 4) is 55.6 Å². The number of anilines is 2. The van der Waals surface area contributed by atoms with Gasteiger partial charge in [0.25, 0.3) is 0 Å². The molecule has 0 atom stereocenters. The second-order valence-electron chi connectivity index (χ2n) is 10.4. The first-order chi connectivity index (χ1) is 19.5. The predicted molar refractivity (Wildman–Crippen MR) is 172 cm³/mol. The maximum Gasteiger partial charge on any atom is 0.0400 e. The molecule has 0 fully saturated rings. The highest BCUT2D eigenvalue weighted by Gasteiger charge is 2.22. The van der Waals surface area contributed by atoms with Crippen LogP contribution in [0.1, 0.15) is 11.1 Å². The summed E-state index contributed by atoms with van der Waals surface area (Å²) >= 11 is 0. The zero-order chi connectivity index (χ0) is 27.6. The van der Waals surface area contributed by atoms with Crippen molar-refractivity contribution in [1.82, 2.24) is 0 Å². The molecule has 0 saturated heterocycles. The third-order valence-corrected chi connectivity index (χ3v) is 7.50. The molecule has 40 heavy (non-hydrogen) atoms. The Bertz CT molecular complexity index is 1680. The Kier molecular flexibility index (Phi) is 6.67. The van der Waals surface area contributed by atoms with Gasteiger partial charge in [0, 0.05) is 22.5 Å². The molecule has 0 saturated carbocycles. The fourth-order valence-electron chi connectivity index (χ4n) is 5.72. The third kappa shape index (κ3) is 4.65. The monoisotopic (exact) mass is 516 g/mol. The highest BCUT2D eigenvalue weighted by Crippen LogP contribution is 2.49. The number of benzene rings is 6. The largest absolute Gasteiger partial charge is 0.398 e. The predicted octanol–water partition coefficient (Wildman–Crippen LogP) is 9.80. The summed E-state index contributed by atoms with van der Waals surface area (Å²) in [5, 5.41) is 0. The Hall–Kier alpha value is -5.08. The first-order valence-electron chi connectivity index (χ1n) is 13.6. The zero-order valence-corrected chi connectivity index (χ0v) is 22.9. The van der Waals surface area contributed by atoms with Crippen LogP contribution in [-0.4, -0.2) is 0 Å². The van der Waals surface area contributed by atoms with Gasteiger partial charge in [-0.05, 0) is 70.5 Å². The summed E-state index contributed by atoms with van der Waals surface area (Å²) in [5.74, 6) is 0. The normalized spacial score (nSPS) is 10.9. The molecule has 2 nitrogen and oxygen atoms in total. The molecule has 2 heteroatoms. The van der Waals surface area contributed by atoms with Crippen molar-refractivity contribution < 1.29 is 0 Å². The van der Waals surface area contributed by atoms with E-state index in [0.29, 0.717) is 0 Å². The number of aryl methyl sites for hydroxylation is 2. The molecule has 0 aliphatic heterocycles. The quantitative estimate of drug-likeness (QED) is 0.224. The first kappa shape index (κ1) is 25.2. The van der Waals surface area contributed by atoms with Gasteiger partial charge in [-0.1, -0.05) is 132 Å². The Morgan fingerprint density at radius 3 is 1.10 bits per heavy atom. The summed E-state index contributed by atoms with van der Waals surface area (Å²) < 4.78 is 0. The van der Waals surface area contributed by atoms with Gasteiger partial charge in [-0.2, -0.15) is 0 Å². The smallest absolute Gasteiger partial charge is 0.0400 e. The van der Waals surface area contributed by atoms with E-state index in [4.69, 9.17) is 11.5 Å². The number of hydrogen-bond donors (Lipinski definition) is 2. The van der Waals surface area contributed by atoms with Gasteiger partial charge in [0.05, 0.1) is 0 Å². The summed E-state index contributed by atoms with van der Waals surface area (Å²) in [5.41, 5.74) is 28.4. The fourth-order valence-corrected chi connectivity index (χ4v) is 5.72. The van der Waals surface area contributed by atoms with Crippen LogP contribution < -0.4 is 11.5 Å². The average molecular weight is 517 g/mol. The van der Waals surface area contributed by atoms with Crippen molar-refractivity contribution in [3.63, 3.8) is 0 Å². The Labute approximate surface area is 236 Å². The second-order valence-corrected chi connectivity index (χ2v) is 10.4. The maximum atomic E-state index is 6.77. The zero-order valence-electron chi connectivity index (χ0n) is 22.9. The molecule has 0 aliphatic carbocycles. The van der Waals surface area contributed by atoms with Crippen LogP contribution in [0.15, 0.2) is 133 Å². The molecule has 0 radical (unpaired) electrons. The van der Waals surface area contributed by atoms with Gasteiger partial charge < -0.3 is 11.5 Å². The molecule has 6 rings (SSSR count). The molecular formula is C38H32N2. The summed E-state index contributed by atoms with van der Waals surface area (Å²) in [4.78, 5) is 0. The third-order valence-electron chi connectivity index (χ3n) is 7.50. The Morgan fingerprint density at radius 2 is 0.725 bits per heavy atom. The van der Waals surface area contributed by atoms with Gasteiger partial charge in [0.1, 0.15) is 0 Å². The van der Waals surface area contributed by atoms with Crippen molar-refractivity contribution in [3.05, 3.63) is 145 Å². The summed E-state index contributed by atoms with van der Waals surface area (Å²) in [6.07, 6.45) is 0. The number of hydrogen-bond acceptors (Lipinski definition) is 2. The highest BCUT2D eigenvalue weighted by molar-refractivity contribution is 6.06. The minimum absolute atomic E-state index is 0.752. The van der Waals surface area contributed by atoms with Crippen LogP contribution in [0.5, 0.6) is 0 Å². The first-order valence-corrected chi connectivity index (χ1v) is 13.6. The van der Waals surface area contributed by atoms with Crippen LogP contribution in [0.2, 0.25) is 0 Å². The molecule has 6 aromatic rings. The van der Waals surface area contributed by atoms with Crippen molar-refractivity contribution >= 4 is 11.4 Å². The van der Waals surface area contributed by atoms with Crippen LogP contribution in [0.25, 0.3) is 55.6 Å². The van der Waals surface area contributed by atoms with Gasteiger partial charge in [0.2, 0.25) is 0 Å². The lowest BCUT2D eigenvalue weighted by atomic mass is 9.81. The topological polar surface area (TPSA) is 52.0 Å². The molecule has 4 N–H and O–H groups in total. The summed E-state index contributed by atoms with van der Waals surface area (Å²) in [6.45, 7) is 4.26. The van der Waals surface area contributed by atoms with Crippen molar-refractivity contribution in [2.45, 2.75) is 13.8 Å². The van der Waals surface area contributed by atoms with E-state index in [1.165, 1.54) is 11.1 Å². The number of rotatable bonds is 5. The number of nitrogen functional groups attached to an aromatic ring is 2. The fraction of sp³-hybridized carbons (Fsp3) is 0.0526. The SMILES string of the molecule is Cc1cccc(-c2c(-c3ccc(N)c(-c4ccccc4)c3-c3cccc(C)c3)ccc(N)c2-c2ccccc2)c1. The van der Waals surface area contributed by atoms with Gasteiger partial charge in [0.15, 0.2) is 0 Å². The van der Waals surface area contributed by atoms with Crippen LogP contribution in [0.3, 0.4) is 0 Å². The lowest BCUT2D eigenvalue weighted by Crippen LogP contribution is -2.00. The molecule has 0 bridgehead atoms. The molecule has 6 aromatic carbocycles. The molecular weight excluding hydrogens is 484 g/mol. The molecule has 0 heterocycles. The van der Waals surface area contributed by atoms with Gasteiger partial charge >= 0.3 is 0 Å². The molecule has 0 spiro atoms. The van der Waals surface area contributed by atoms with E-state index in [1.807, 2.05) is 24.3 Å². The van der Waals surface area contributed by atoms with E-state index in [9.17, 15) is 0 Å². The van der Waals surface area contributed by atoms with E-state index >= 15 is 0 Å². The van der Waals surface area contributed by atoms with E-state index in [1.54, 1.807) is 0 Å². The lowest BCUT2D eigenvalue weighted by molar-refractivity contribution is 1.45. The van der Waals surface area contributed by atoms with Gasteiger partial charge in [-0.15, -0.1) is 0 Å². The summed E-state index contributed by atoms with van der Waals surface area (Å²) in [6, 6.07) is 46.6. The molecule has 0 aliphatic rings. The lowest BCUT2D eigenvalue weighted by Gasteiger charge is -2.23. The van der Waals surface area contributed by atoms with Crippen molar-refractivity contribution in [2.75, 3.05) is 11.5 Å². The van der Waals surface area contributed by atoms with E-state index in [0.717, 1.165) is 67.0 Å². The number of nitrogens with two attached hydrogens (primary N) is 2. The average Bonchev–Trinajstić information content (AvgIpc) is 2.98. The minimum atomic E-state index is 0.752. The molecule has 0 amide bonds. The summed E-state index contributed by atoms with van der Waals surface area (Å²) in [7, 11) is 0. The highest BCUT2D eigenvalue weighted by atomic mass is 14.6.